The Kier molecular flexibility index (Phi) is 4.32. The molecule has 1 heterocycles. The van der Waals surface area contributed by atoms with Crippen LogP contribution in [0, 0.1) is 11.7 Å². The smallest absolute Gasteiger partial charge is 0.172 e. The van der Waals surface area contributed by atoms with Gasteiger partial charge in [-0.15, -0.1) is 0 Å². The van der Waals surface area contributed by atoms with Gasteiger partial charge >= 0.3 is 0 Å². The molecule has 0 aliphatic carbocycles. The van der Waals surface area contributed by atoms with Crippen LogP contribution in [0.25, 0.3) is 0 Å². The molecule has 2 atom stereocenters. The van der Waals surface area contributed by atoms with E-state index in [0.717, 1.165) is 12.6 Å². The number of ketones is 1. The van der Waals surface area contributed by atoms with Crippen molar-refractivity contribution >= 4 is 17.4 Å². The first-order valence-corrected chi connectivity index (χ1v) is 6.31. The maximum Gasteiger partial charge on any atom is 0.172 e. The first-order chi connectivity index (χ1) is 8.63. The number of benzene rings is 1. The predicted molar refractivity (Wildman–Crippen MR) is 67.5 cm³/mol. The molecule has 3 nitrogen and oxygen atoms in total. The molecule has 1 saturated heterocycles. The van der Waals surface area contributed by atoms with E-state index in [4.69, 9.17) is 16.3 Å². The minimum Gasteiger partial charge on any atom is -0.379 e. The Balaban J connectivity index is 2.20. The van der Waals surface area contributed by atoms with E-state index in [1.807, 2.05) is 6.92 Å². The summed E-state index contributed by atoms with van der Waals surface area (Å²) in [5, 5.41) is 3.47. The average molecular weight is 272 g/mol. The number of carbonyl (C=O) groups excluding carboxylic acids is 1. The van der Waals surface area contributed by atoms with Crippen LogP contribution < -0.4 is 5.32 Å². The summed E-state index contributed by atoms with van der Waals surface area (Å²) in [5.41, 5.74) is 0.0813. The van der Waals surface area contributed by atoms with Crippen LogP contribution in [0.3, 0.4) is 0 Å². The molecule has 2 rings (SSSR count). The maximum absolute atomic E-state index is 13.7. The molecule has 0 radical (unpaired) electrons. The standard InChI is InChI=1S/C13H15ClFNO2/c1-2-16-12-7-18-6-10(12)13(17)9-4-3-8(14)5-11(9)15/h3-5,10,12,16H,2,6-7H2,1H3. The largest absolute Gasteiger partial charge is 0.379 e. The zero-order valence-corrected chi connectivity index (χ0v) is 10.8. The molecule has 0 saturated carbocycles. The van der Waals surface area contributed by atoms with Crippen molar-refractivity contribution in [3.8, 4) is 0 Å². The Morgan fingerprint density at radius 2 is 2.33 bits per heavy atom. The van der Waals surface area contributed by atoms with E-state index in [0.29, 0.717) is 13.2 Å². The van der Waals surface area contributed by atoms with Crippen LogP contribution in [0.5, 0.6) is 0 Å². The lowest BCUT2D eigenvalue weighted by Crippen LogP contribution is -2.39. The molecule has 0 bridgehead atoms. The summed E-state index contributed by atoms with van der Waals surface area (Å²) < 4.78 is 19.0. The number of rotatable bonds is 4. The molecule has 0 amide bonds. The maximum atomic E-state index is 13.7. The van der Waals surface area contributed by atoms with E-state index < -0.39 is 5.82 Å². The fraction of sp³-hybridized carbons (Fsp3) is 0.462. The molecule has 1 aromatic rings. The van der Waals surface area contributed by atoms with Crippen LogP contribution in [0.4, 0.5) is 4.39 Å². The molecule has 1 fully saturated rings. The highest BCUT2D eigenvalue weighted by Gasteiger charge is 2.34. The zero-order valence-electron chi connectivity index (χ0n) is 10.1. The van der Waals surface area contributed by atoms with Gasteiger partial charge in [0.2, 0.25) is 0 Å². The summed E-state index contributed by atoms with van der Waals surface area (Å²) in [5.74, 6) is -1.14. The molecule has 5 heteroatoms. The number of halogens is 2. The van der Waals surface area contributed by atoms with Gasteiger partial charge in [-0.2, -0.15) is 0 Å². The van der Waals surface area contributed by atoms with Gasteiger partial charge in [0, 0.05) is 11.1 Å². The Bertz CT molecular complexity index is 453. The minimum absolute atomic E-state index is 0.0439. The van der Waals surface area contributed by atoms with Gasteiger partial charge < -0.3 is 10.1 Å². The summed E-state index contributed by atoms with van der Waals surface area (Å²) in [7, 11) is 0. The van der Waals surface area contributed by atoms with E-state index >= 15 is 0 Å². The van der Waals surface area contributed by atoms with Gasteiger partial charge in [0.25, 0.3) is 0 Å². The molecular formula is C13H15ClFNO2. The zero-order chi connectivity index (χ0) is 13.1. The Hall–Kier alpha value is -0.970. The third kappa shape index (κ3) is 2.71. The summed E-state index contributed by atoms with van der Waals surface area (Å²) in [6.45, 7) is 3.53. The van der Waals surface area contributed by atoms with E-state index in [1.54, 1.807) is 0 Å². The molecular weight excluding hydrogens is 257 g/mol. The van der Waals surface area contributed by atoms with Crippen LogP contribution >= 0.6 is 11.6 Å². The van der Waals surface area contributed by atoms with Gasteiger partial charge in [-0.05, 0) is 24.7 Å². The molecule has 18 heavy (non-hydrogen) atoms. The van der Waals surface area contributed by atoms with Gasteiger partial charge in [0.15, 0.2) is 5.78 Å². The number of hydrogen-bond acceptors (Lipinski definition) is 3. The highest BCUT2D eigenvalue weighted by atomic mass is 35.5. The van der Waals surface area contributed by atoms with Crippen LogP contribution in [0.1, 0.15) is 17.3 Å². The lowest BCUT2D eigenvalue weighted by atomic mass is 9.93. The molecule has 1 aliphatic rings. The van der Waals surface area contributed by atoms with E-state index in [1.165, 1.54) is 12.1 Å². The summed E-state index contributed by atoms with van der Waals surface area (Å²) in [4.78, 5) is 12.3. The fourth-order valence-corrected chi connectivity index (χ4v) is 2.32. The number of carbonyl (C=O) groups is 1. The van der Waals surface area contributed by atoms with Crippen molar-refractivity contribution in [2.24, 2.45) is 5.92 Å². The van der Waals surface area contributed by atoms with Gasteiger partial charge in [0.1, 0.15) is 5.82 Å². The van der Waals surface area contributed by atoms with Crippen LogP contribution in [0.2, 0.25) is 5.02 Å². The molecule has 1 aliphatic heterocycles. The van der Waals surface area contributed by atoms with Crippen LogP contribution in [-0.4, -0.2) is 31.6 Å². The van der Waals surface area contributed by atoms with Gasteiger partial charge in [-0.25, -0.2) is 4.39 Å². The van der Waals surface area contributed by atoms with E-state index in [9.17, 15) is 9.18 Å². The summed E-state index contributed by atoms with van der Waals surface area (Å²) >= 11 is 5.67. The first-order valence-electron chi connectivity index (χ1n) is 5.94. The number of likely N-dealkylation sites (N-methyl/N-ethyl adjacent to an activating group) is 1. The molecule has 98 valence electrons. The van der Waals surface area contributed by atoms with Gasteiger partial charge in [-0.1, -0.05) is 18.5 Å². The molecule has 1 N–H and O–H groups in total. The highest BCUT2D eigenvalue weighted by molar-refractivity contribution is 6.30. The molecule has 1 aromatic carbocycles. The Morgan fingerprint density at radius 3 is 3.00 bits per heavy atom. The third-order valence-corrected chi connectivity index (χ3v) is 3.32. The lowest BCUT2D eigenvalue weighted by molar-refractivity contribution is 0.0887. The fourth-order valence-electron chi connectivity index (χ4n) is 2.17. The van der Waals surface area contributed by atoms with Crippen molar-refractivity contribution in [2.45, 2.75) is 13.0 Å². The lowest BCUT2D eigenvalue weighted by Gasteiger charge is -2.17. The minimum atomic E-state index is -0.574. The van der Waals surface area contributed by atoms with Crippen LogP contribution in [0.15, 0.2) is 18.2 Å². The summed E-state index contributed by atoms with van der Waals surface area (Å²) in [6.07, 6.45) is 0. The van der Waals surface area contributed by atoms with Crippen molar-refractivity contribution in [2.75, 3.05) is 19.8 Å². The second kappa shape index (κ2) is 5.78. The van der Waals surface area contributed by atoms with Crippen molar-refractivity contribution in [3.05, 3.63) is 34.6 Å². The number of ether oxygens (including phenoxy) is 1. The summed E-state index contributed by atoms with van der Waals surface area (Å²) in [6, 6.07) is 4.07. The van der Waals surface area contributed by atoms with Gasteiger partial charge in [0.05, 0.1) is 24.7 Å². The highest BCUT2D eigenvalue weighted by Crippen LogP contribution is 2.22. The Morgan fingerprint density at radius 1 is 1.56 bits per heavy atom. The molecule has 0 aromatic heterocycles. The first kappa shape index (κ1) is 13.5. The number of hydrogen-bond donors (Lipinski definition) is 1. The second-order valence-corrected chi connectivity index (χ2v) is 4.73. The van der Waals surface area contributed by atoms with E-state index in [-0.39, 0.29) is 28.3 Å². The normalized spacial score (nSPS) is 23.3. The SMILES string of the molecule is CCNC1COCC1C(=O)c1ccc(Cl)cc1F. The molecule has 0 spiro atoms. The van der Waals surface area contributed by atoms with Crippen molar-refractivity contribution in [3.63, 3.8) is 0 Å². The number of nitrogens with one attached hydrogen (secondary N) is 1. The quantitative estimate of drug-likeness (QED) is 0.854. The molecule has 2 unspecified atom stereocenters. The van der Waals surface area contributed by atoms with Crippen molar-refractivity contribution < 1.29 is 13.9 Å². The predicted octanol–water partition coefficient (Wildman–Crippen LogP) is 2.29. The monoisotopic (exact) mass is 271 g/mol. The topological polar surface area (TPSA) is 38.3 Å². The third-order valence-electron chi connectivity index (χ3n) is 3.08. The van der Waals surface area contributed by atoms with E-state index in [2.05, 4.69) is 5.32 Å². The van der Waals surface area contributed by atoms with Crippen LogP contribution in [-0.2, 0) is 4.74 Å². The van der Waals surface area contributed by atoms with Crippen molar-refractivity contribution in [1.82, 2.24) is 5.32 Å². The average Bonchev–Trinajstić information content (AvgIpc) is 2.77. The Labute approximate surface area is 110 Å². The van der Waals surface area contributed by atoms with Crippen molar-refractivity contribution in [1.29, 1.82) is 0 Å². The second-order valence-electron chi connectivity index (χ2n) is 4.30. The van der Waals surface area contributed by atoms with Gasteiger partial charge in [-0.3, -0.25) is 4.79 Å². The number of Topliss-reactive ketones (excluding diaryl/α,β-unsaturated/α-hetero) is 1.